The number of aromatic nitrogens is 1. The number of benzene rings is 3. The average Bonchev–Trinajstić information content (AvgIpc) is 2.84. The van der Waals surface area contributed by atoms with E-state index in [1.54, 1.807) is 24.3 Å². The van der Waals surface area contributed by atoms with Crippen molar-refractivity contribution >= 4 is 38.2 Å². The lowest BCUT2D eigenvalue weighted by atomic mass is 10.1. The fourth-order valence-electron chi connectivity index (χ4n) is 4.04. The second kappa shape index (κ2) is 8.67. The summed E-state index contributed by atoms with van der Waals surface area (Å²) in [6, 6.07) is 26.2. The SMILES string of the molecule is O=C(Nc1cccc(-c2ccc3ccccc3n2)c1)c1ccc(N2CCCCS2(=O)=O)cc1. The maximum absolute atomic E-state index is 12.8. The predicted molar refractivity (Wildman–Crippen MR) is 132 cm³/mol. The van der Waals surface area contributed by atoms with Gasteiger partial charge < -0.3 is 5.32 Å². The van der Waals surface area contributed by atoms with E-state index in [0.29, 0.717) is 29.9 Å². The average molecular weight is 458 g/mol. The molecule has 0 atom stereocenters. The molecule has 1 aromatic heterocycles. The number of nitrogens with one attached hydrogen (secondary N) is 1. The Morgan fingerprint density at radius 1 is 0.879 bits per heavy atom. The first-order valence-electron chi connectivity index (χ1n) is 10.9. The molecule has 6 nitrogen and oxygen atoms in total. The van der Waals surface area contributed by atoms with Gasteiger partial charge in [0.15, 0.2) is 0 Å². The van der Waals surface area contributed by atoms with E-state index >= 15 is 0 Å². The van der Waals surface area contributed by atoms with Crippen LogP contribution < -0.4 is 9.62 Å². The second-order valence-corrected chi connectivity index (χ2v) is 10.1. The smallest absolute Gasteiger partial charge is 0.255 e. The van der Waals surface area contributed by atoms with Gasteiger partial charge in [0, 0.05) is 28.7 Å². The van der Waals surface area contributed by atoms with Crippen LogP contribution in [0.3, 0.4) is 0 Å². The Bertz CT molecular complexity index is 1430. The maximum Gasteiger partial charge on any atom is 0.255 e. The zero-order valence-corrected chi connectivity index (χ0v) is 18.8. The number of pyridine rings is 1. The van der Waals surface area contributed by atoms with Crippen molar-refractivity contribution in [3.63, 3.8) is 0 Å². The minimum Gasteiger partial charge on any atom is -0.322 e. The van der Waals surface area contributed by atoms with Crippen LogP contribution in [0.5, 0.6) is 0 Å². The zero-order chi connectivity index (χ0) is 22.8. The molecule has 0 radical (unpaired) electrons. The Hall–Kier alpha value is -3.71. The standard InChI is InChI=1S/C26H23N3O3S/c30-26(20-10-13-23(14-11-20)29-16-3-4-17-33(29,31)32)27-22-8-5-7-21(18-22)25-15-12-19-6-1-2-9-24(19)28-25/h1-2,5-15,18H,3-4,16-17H2,(H,27,30). The first kappa shape index (κ1) is 21.2. The van der Waals surface area contributed by atoms with Crippen molar-refractivity contribution in [3.05, 3.63) is 90.5 Å². The van der Waals surface area contributed by atoms with Gasteiger partial charge >= 0.3 is 0 Å². The molecule has 4 aromatic rings. The lowest BCUT2D eigenvalue weighted by Crippen LogP contribution is -2.37. The molecule has 1 aliphatic rings. The normalized spacial score (nSPS) is 15.3. The van der Waals surface area contributed by atoms with Crippen LogP contribution in [0.15, 0.2) is 84.9 Å². The van der Waals surface area contributed by atoms with Gasteiger partial charge in [-0.05, 0) is 61.4 Å². The molecule has 166 valence electrons. The highest BCUT2D eigenvalue weighted by atomic mass is 32.2. The van der Waals surface area contributed by atoms with Gasteiger partial charge in [0.05, 0.1) is 22.7 Å². The molecule has 1 N–H and O–H groups in total. The van der Waals surface area contributed by atoms with Crippen molar-refractivity contribution < 1.29 is 13.2 Å². The number of para-hydroxylation sites is 1. The molecule has 3 aromatic carbocycles. The van der Waals surface area contributed by atoms with Crippen LogP contribution in [0.4, 0.5) is 11.4 Å². The Balaban J connectivity index is 1.33. The van der Waals surface area contributed by atoms with E-state index in [1.807, 2.05) is 60.7 Å². The summed E-state index contributed by atoms with van der Waals surface area (Å²) in [6.45, 7) is 0.476. The molecule has 1 saturated heterocycles. The van der Waals surface area contributed by atoms with Crippen molar-refractivity contribution in [3.8, 4) is 11.3 Å². The summed E-state index contributed by atoms with van der Waals surface area (Å²) in [5.41, 5.74) is 4.37. The van der Waals surface area contributed by atoms with Crippen LogP contribution in [0, 0.1) is 0 Å². The summed E-state index contributed by atoms with van der Waals surface area (Å²) in [7, 11) is -3.28. The first-order chi connectivity index (χ1) is 16.0. The van der Waals surface area contributed by atoms with Gasteiger partial charge in [0.25, 0.3) is 5.91 Å². The van der Waals surface area contributed by atoms with Gasteiger partial charge in [-0.3, -0.25) is 9.10 Å². The van der Waals surface area contributed by atoms with Crippen LogP contribution in [-0.2, 0) is 10.0 Å². The molecule has 1 fully saturated rings. The number of rotatable bonds is 4. The number of amides is 1. The van der Waals surface area contributed by atoms with Crippen LogP contribution in [-0.4, -0.2) is 31.6 Å². The third-order valence-corrected chi connectivity index (χ3v) is 7.65. The fourth-order valence-corrected chi connectivity index (χ4v) is 5.68. The Kier molecular flexibility index (Phi) is 5.56. The molecule has 1 aliphatic heterocycles. The third kappa shape index (κ3) is 4.45. The molecule has 0 spiro atoms. The third-order valence-electron chi connectivity index (χ3n) is 5.78. The Labute approximate surface area is 192 Å². The van der Waals surface area contributed by atoms with Gasteiger partial charge in [0.2, 0.25) is 10.0 Å². The van der Waals surface area contributed by atoms with Crippen molar-refractivity contribution in [2.75, 3.05) is 21.9 Å². The molecule has 7 heteroatoms. The molecular formula is C26H23N3O3S. The molecule has 0 bridgehead atoms. The van der Waals surface area contributed by atoms with Crippen molar-refractivity contribution in [2.45, 2.75) is 12.8 Å². The van der Waals surface area contributed by atoms with Gasteiger partial charge in [-0.15, -0.1) is 0 Å². The molecule has 2 heterocycles. The molecule has 1 amide bonds. The number of nitrogens with zero attached hydrogens (tertiary/aromatic N) is 2. The molecular weight excluding hydrogens is 434 g/mol. The fraction of sp³-hybridized carbons (Fsp3) is 0.154. The van der Waals surface area contributed by atoms with Crippen LogP contribution in [0.25, 0.3) is 22.2 Å². The summed E-state index contributed by atoms with van der Waals surface area (Å²) in [4.78, 5) is 17.5. The molecule has 0 unspecified atom stereocenters. The highest BCUT2D eigenvalue weighted by molar-refractivity contribution is 7.92. The number of carbonyl (C=O) groups is 1. The minimum absolute atomic E-state index is 0.164. The summed E-state index contributed by atoms with van der Waals surface area (Å²) in [5.74, 6) is -0.0934. The summed E-state index contributed by atoms with van der Waals surface area (Å²) in [5, 5.41) is 4.00. The van der Waals surface area contributed by atoms with E-state index in [0.717, 1.165) is 28.6 Å². The summed E-state index contributed by atoms with van der Waals surface area (Å²) < 4.78 is 26.0. The second-order valence-electron chi connectivity index (χ2n) is 8.07. The van der Waals surface area contributed by atoms with E-state index < -0.39 is 10.0 Å². The molecule has 0 saturated carbocycles. The Morgan fingerprint density at radius 3 is 2.52 bits per heavy atom. The van der Waals surface area contributed by atoms with Crippen molar-refractivity contribution in [1.82, 2.24) is 4.98 Å². The summed E-state index contributed by atoms with van der Waals surface area (Å²) >= 11 is 0. The monoisotopic (exact) mass is 457 g/mol. The highest BCUT2D eigenvalue weighted by Gasteiger charge is 2.26. The number of carbonyl (C=O) groups excluding carboxylic acids is 1. The van der Waals surface area contributed by atoms with Gasteiger partial charge in [-0.25, -0.2) is 13.4 Å². The van der Waals surface area contributed by atoms with E-state index in [4.69, 9.17) is 4.98 Å². The number of anilines is 2. The van der Waals surface area contributed by atoms with E-state index in [9.17, 15) is 13.2 Å². The van der Waals surface area contributed by atoms with E-state index in [1.165, 1.54) is 4.31 Å². The Morgan fingerprint density at radius 2 is 1.70 bits per heavy atom. The maximum atomic E-state index is 12.8. The minimum atomic E-state index is -3.28. The molecule has 33 heavy (non-hydrogen) atoms. The zero-order valence-electron chi connectivity index (χ0n) is 17.9. The van der Waals surface area contributed by atoms with Crippen molar-refractivity contribution in [2.24, 2.45) is 0 Å². The van der Waals surface area contributed by atoms with Gasteiger partial charge in [0.1, 0.15) is 0 Å². The largest absolute Gasteiger partial charge is 0.322 e. The lowest BCUT2D eigenvalue weighted by molar-refractivity contribution is 0.102. The quantitative estimate of drug-likeness (QED) is 0.463. The topological polar surface area (TPSA) is 79.4 Å². The molecule has 0 aliphatic carbocycles. The van der Waals surface area contributed by atoms with Gasteiger partial charge in [-0.2, -0.15) is 0 Å². The number of sulfonamides is 1. The molecule has 5 rings (SSSR count). The van der Waals surface area contributed by atoms with Gasteiger partial charge in [-0.1, -0.05) is 36.4 Å². The lowest BCUT2D eigenvalue weighted by Gasteiger charge is -2.28. The van der Waals surface area contributed by atoms with Crippen LogP contribution in [0.1, 0.15) is 23.2 Å². The number of hydrogen-bond donors (Lipinski definition) is 1. The van der Waals surface area contributed by atoms with E-state index in [-0.39, 0.29) is 11.7 Å². The number of fused-ring (bicyclic) bond motifs is 1. The summed E-state index contributed by atoms with van der Waals surface area (Å²) in [6.07, 6.45) is 1.52. The van der Waals surface area contributed by atoms with E-state index in [2.05, 4.69) is 5.32 Å². The van der Waals surface area contributed by atoms with Crippen LogP contribution >= 0.6 is 0 Å². The van der Waals surface area contributed by atoms with Crippen LogP contribution in [0.2, 0.25) is 0 Å². The predicted octanol–water partition coefficient (Wildman–Crippen LogP) is 5.08. The first-order valence-corrected chi connectivity index (χ1v) is 12.5. The number of hydrogen-bond acceptors (Lipinski definition) is 4. The highest BCUT2D eigenvalue weighted by Crippen LogP contribution is 2.26. The van der Waals surface area contributed by atoms with Crippen molar-refractivity contribution in [1.29, 1.82) is 0 Å².